The van der Waals surface area contributed by atoms with Gasteiger partial charge >= 0.3 is 0 Å². The average molecular weight is 430 g/mol. The van der Waals surface area contributed by atoms with Gasteiger partial charge in [0.1, 0.15) is 11.5 Å². The second-order valence-corrected chi connectivity index (χ2v) is 8.82. The summed E-state index contributed by atoms with van der Waals surface area (Å²) in [5, 5.41) is 7.76. The summed E-state index contributed by atoms with van der Waals surface area (Å²) < 4.78 is 37.9. The molecule has 1 aliphatic heterocycles. The van der Waals surface area contributed by atoms with E-state index >= 15 is 0 Å². The van der Waals surface area contributed by atoms with Gasteiger partial charge in [-0.1, -0.05) is 24.3 Å². The Morgan fingerprint density at radius 2 is 1.57 bits per heavy atom. The first-order valence-corrected chi connectivity index (χ1v) is 11.2. The van der Waals surface area contributed by atoms with Crippen molar-refractivity contribution in [2.45, 2.75) is 18.5 Å². The maximum atomic E-state index is 11.6. The number of rotatable bonds is 6. The molecule has 4 rings (SSSR count). The molecule has 2 N–H and O–H groups in total. The fourth-order valence-electron chi connectivity index (χ4n) is 3.54. The molecular weight excluding hydrogens is 406 g/mol. The summed E-state index contributed by atoms with van der Waals surface area (Å²) in [5.41, 5.74) is 2.09. The quantitative estimate of drug-likeness (QED) is 0.620. The Morgan fingerprint density at radius 3 is 2.10 bits per heavy atom. The summed E-state index contributed by atoms with van der Waals surface area (Å²) in [6.45, 7) is 0. The molecule has 1 aromatic heterocycles. The van der Waals surface area contributed by atoms with Crippen molar-refractivity contribution >= 4 is 21.9 Å². The van der Waals surface area contributed by atoms with E-state index < -0.39 is 10.0 Å². The number of sulfonamides is 1. The van der Waals surface area contributed by atoms with Crippen LogP contribution in [0.2, 0.25) is 0 Å². The summed E-state index contributed by atoms with van der Waals surface area (Å²) in [6, 6.07) is 15.4. The van der Waals surface area contributed by atoms with Gasteiger partial charge in [0, 0.05) is 0 Å². The van der Waals surface area contributed by atoms with E-state index in [1.165, 1.54) is 0 Å². The summed E-state index contributed by atoms with van der Waals surface area (Å²) in [6.07, 6.45) is 1.77. The molecule has 2 atom stereocenters. The van der Waals surface area contributed by atoms with E-state index in [-0.39, 0.29) is 18.0 Å². The normalized spacial score (nSPS) is 18.2. The van der Waals surface area contributed by atoms with Crippen LogP contribution in [0.1, 0.15) is 29.6 Å². The number of anilines is 2. The fourth-order valence-corrected chi connectivity index (χ4v) is 3.96. The molecule has 0 fully saturated rings. The second-order valence-electron chi connectivity index (χ2n) is 7.07. The zero-order chi connectivity index (χ0) is 21.3. The van der Waals surface area contributed by atoms with E-state index in [0.717, 1.165) is 28.9 Å². The smallest absolute Gasteiger partial charge is 0.257 e. The molecule has 0 spiro atoms. The van der Waals surface area contributed by atoms with Crippen LogP contribution in [-0.4, -0.2) is 43.7 Å². The highest BCUT2D eigenvalue weighted by Crippen LogP contribution is 2.39. The van der Waals surface area contributed by atoms with Gasteiger partial charge < -0.3 is 14.8 Å². The lowest BCUT2D eigenvalue weighted by molar-refractivity contribution is 0.410. The van der Waals surface area contributed by atoms with Gasteiger partial charge in [0.05, 0.1) is 32.6 Å². The molecule has 9 nitrogen and oxygen atoms in total. The molecule has 0 radical (unpaired) electrons. The number of ether oxygens (including phenoxy) is 2. The molecule has 1 aliphatic rings. The molecule has 0 aliphatic carbocycles. The number of fused-ring (bicyclic) bond motifs is 1. The van der Waals surface area contributed by atoms with E-state index in [1.807, 2.05) is 48.5 Å². The standard InChI is InChI=1S/C20H23N5O4S/c1-28-15-8-4-13(5-9-15)17-12-18(14-6-10-16(29-2)11-7-14)25-20(21-17)22-19(23-25)24-30(3,26)27/h4-11,17-18H,12H2,1-3H3,(H2,21,22,23,24)/t17-,18+/m1/s1. The van der Waals surface area contributed by atoms with Gasteiger partial charge in [-0.15, -0.1) is 5.10 Å². The van der Waals surface area contributed by atoms with E-state index in [1.54, 1.807) is 18.9 Å². The summed E-state index contributed by atoms with van der Waals surface area (Å²) in [4.78, 5) is 4.36. The number of nitrogens with one attached hydrogen (secondary N) is 2. The van der Waals surface area contributed by atoms with E-state index in [9.17, 15) is 8.42 Å². The number of methoxy groups -OCH3 is 2. The lowest BCUT2D eigenvalue weighted by Crippen LogP contribution is -2.28. The minimum absolute atomic E-state index is 0.0360. The van der Waals surface area contributed by atoms with E-state index in [4.69, 9.17) is 9.47 Å². The lowest BCUT2D eigenvalue weighted by atomic mass is 9.93. The van der Waals surface area contributed by atoms with Crippen molar-refractivity contribution in [1.82, 2.24) is 14.8 Å². The second kappa shape index (κ2) is 7.86. The van der Waals surface area contributed by atoms with Crippen molar-refractivity contribution in [3.63, 3.8) is 0 Å². The van der Waals surface area contributed by atoms with E-state index in [0.29, 0.717) is 12.4 Å². The van der Waals surface area contributed by atoms with Crippen LogP contribution in [0.5, 0.6) is 11.5 Å². The van der Waals surface area contributed by atoms with E-state index in [2.05, 4.69) is 20.1 Å². The minimum atomic E-state index is -3.49. The van der Waals surface area contributed by atoms with Crippen molar-refractivity contribution < 1.29 is 17.9 Å². The van der Waals surface area contributed by atoms with Crippen molar-refractivity contribution in [2.24, 2.45) is 0 Å². The van der Waals surface area contributed by atoms with Crippen LogP contribution in [0.3, 0.4) is 0 Å². The molecule has 0 unspecified atom stereocenters. The highest BCUT2D eigenvalue weighted by molar-refractivity contribution is 7.91. The summed E-state index contributed by atoms with van der Waals surface area (Å²) in [7, 11) is -0.233. The van der Waals surface area contributed by atoms with Crippen LogP contribution in [0.4, 0.5) is 11.9 Å². The zero-order valence-corrected chi connectivity index (χ0v) is 17.7. The van der Waals surface area contributed by atoms with Crippen molar-refractivity contribution in [3.05, 3.63) is 59.7 Å². The third-order valence-corrected chi connectivity index (χ3v) is 5.54. The van der Waals surface area contributed by atoms with Crippen molar-refractivity contribution in [3.8, 4) is 11.5 Å². The van der Waals surface area contributed by atoms with Crippen molar-refractivity contribution in [1.29, 1.82) is 0 Å². The highest BCUT2D eigenvalue weighted by atomic mass is 32.2. The van der Waals surface area contributed by atoms with Crippen molar-refractivity contribution in [2.75, 3.05) is 30.5 Å². The fraction of sp³-hybridized carbons (Fsp3) is 0.300. The zero-order valence-electron chi connectivity index (χ0n) is 16.9. The van der Waals surface area contributed by atoms with Gasteiger partial charge in [-0.2, -0.15) is 4.98 Å². The Morgan fingerprint density at radius 1 is 1.00 bits per heavy atom. The number of hydrogen-bond donors (Lipinski definition) is 2. The molecule has 10 heteroatoms. The number of hydrogen-bond acceptors (Lipinski definition) is 7. The molecule has 158 valence electrons. The number of benzene rings is 2. The minimum Gasteiger partial charge on any atom is -0.497 e. The third kappa shape index (κ3) is 4.18. The first-order chi connectivity index (χ1) is 14.4. The largest absolute Gasteiger partial charge is 0.497 e. The predicted octanol–water partition coefficient (Wildman–Crippen LogP) is 2.81. The number of aromatic nitrogens is 3. The molecule has 0 saturated carbocycles. The predicted molar refractivity (Wildman–Crippen MR) is 114 cm³/mol. The van der Waals surface area contributed by atoms with Gasteiger partial charge in [0.15, 0.2) is 0 Å². The summed E-state index contributed by atoms with van der Waals surface area (Å²) >= 11 is 0. The molecule has 0 saturated heterocycles. The first-order valence-electron chi connectivity index (χ1n) is 9.35. The van der Waals surface area contributed by atoms with Crippen LogP contribution in [-0.2, 0) is 10.0 Å². The highest BCUT2D eigenvalue weighted by Gasteiger charge is 2.31. The Hall–Kier alpha value is -3.27. The van der Waals surface area contributed by atoms with Gasteiger partial charge in [-0.25, -0.2) is 13.1 Å². The summed E-state index contributed by atoms with van der Waals surface area (Å²) in [5.74, 6) is 2.07. The van der Waals surface area contributed by atoms with Gasteiger partial charge in [0.25, 0.3) is 5.95 Å². The van der Waals surface area contributed by atoms with Gasteiger partial charge in [0.2, 0.25) is 16.0 Å². The van der Waals surface area contributed by atoms with Gasteiger partial charge in [-0.3, -0.25) is 4.72 Å². The SMILES string of the molecule is COc1ccc([C@H]2C[C@@H](c3ccc(OC)cc3)n3nc(NS(C)(=O)=O)nc3N2)cc1. The molecule has 3 aromatic rings. The Labute approximate surface area is 175 Å². The molecule has 2 aromatic carbocycles. The van der Waals surface area contributed by atoms with Crippen LogP contribution >= 0.6 is 0 Å². The van der Waals surface area contributed by atoms with Gasteiger partial charge in [-0.05, 0) is 41.8 Å². The Bertz CT molecular complexity index is 1130. The molecule has 2 heterocycles. The average Bonchev–Trinajstić information content (AvgIpc) is 3.13. The lowest BCUT2D eigenvalue weighted by Gasteiger charge is -2.31. The maximum Gasteiger partial charge on any atom is 0.257 e. The molecular formula is C20H23N5O4S. The van der Waals surface area contributed by atoms with Crippen LogP contribution in [0, 0.1) is 0 Å². The first kappa shape index (κ1) is 20.0. The molecule has 0 amide bonds. The Kier molecular flexibility index (Phi) is 5.25. The Balaban J connectivity index is 1.72. The third-order valence-electron chi connectivity index (χ3n) is 4.98. The molecule has 0 bridgehead atoms. The van der Waals surface area contributed by atoms with Crippen LogP contribution in [0.25, 0.3) is 0 Å². The van der Waals surface area contributed by atoms with Crippen LogP contribution < -0.4 is 19.5 Å². The number of nitrogens with zero attached hydrogens (tertiary/aromatic N) is 3. The maximum absolute atomic E-state index is 11.6. The topological polar surface area (TPSA) is 107 Å². The molecule has 30 heavy (non-hydrogen) atoms. The van der Waals surface area contributed by atoms with Crippen LogP contribution in [0.15, 0.2) is 48.5 Å². The monoisotopic (exact) mass is 429 g/mol.